The topological polar surface area (TPSA) is 83.8 Å². The van der Waals surface area contributed by atoms with Crippen molar-refractivity contribution in [3.05, 3.63) is 0 Å². The molecule has 0 spiro atoms. The Balaban J connectivity index is 2.89. The molecule has 5 nitrogen and oxygen atoms in total. The largest absolute Gasteiger partial charge is 0.472 e. The number of carbonyl (C=O) groups is 2. The molecule has 0 amide bonds. The summed E-state index contributed by atoms with van der Waals surface area (Å²) in [5, 5.41) is 14.7. The van der Waals surface area contributed by atoms with Gasteiger partial charge in [-0.15, -0.1) is 0 Å². The van der Waals surface area contributed by atoms with Gasteiger partial charge >= 0.3 is 10.6 Å². The first kappa shape index (κ1) is 9.34. The van der Waals surface area contributed by atoms with Crippen LogP contribution in [0.4, 0.5) is 9.59 Å². The van der Waals surface area contributed by atoms with Crippen molar-refractivity contribution in [2.24, 2.45) is 0 Å². The minimum atomic E-state index is -2.91. The van der Waals surface area contributed by atoms with E-state index in [4.69, 9.17) is 14.4 Å². The van der Waals surface area contributed by atoms with Crippen LogP contribution >= 0.6 is 10.3 Å². The van der Waals surface area contributed by atoms with Crippen molar-refractivity contribution in [1.29, 1.82) is 0 Å². The zero-order valence-electron chi connectivity index (χ0n) is 6.52. The first-order valence-electron chi connectivity index (χ1n) is 3.44. The van der Waals surface area contributed by atoms with Gasteiger partial charge in [0.05, 0.1) is 16.4 Å². The quantitative estimate of drug-likeness (QED) is 0.615. The van der Waals surface area contributed by atoms with E-state index in [0.29, 0.717) is 6.42 Å². The van der Waals surface area contributed by atoms with E-state index in [0.717, 1.165) is 0 Å². The van der Waals surface area contributed by atoms with Crippen LogP contribution in [0.15, 0.2) is 0 Å². The van der Waals surface area contributed by atoms with Crippen molar-refractivity contribution in [2.45, 2.75) is 19.4 Å². The van der Waals surface area contributed by atoms with E-state index in [-0.39, 0.29) is 11.9 Å². The summed E-state index contributed by atoms with van der Waals surface area (Å²) in [6.07, 6.45) is 0.251. The van der Waals surface area contributed by atoms with Gasteiger partial charge in [-0.2, -0.15) is 0 Å². The van der Waals surface area contributed by atoms with Gasteiger partial charge in [-0.1, -0.05) is 0 Å². The monoisotopic (exact) mass is 194 g/mol. The van der Waals surface area contributed by atoms with Crippen LogP contribution in [0.2, 0.25) is 0 Å². The SMILES string of the molecule is CC1CCS(C(=O)O)(C(=O)O)O1. The zero-order valence-corrected chi connectivity index (χ0v) is 7.34. The van der Waals surface area contributed by atoms with Crippen molar-refractivity contribution in [1.82, 2.24) is 0 Å². The fourth-order valence-corrected chi connectivity index (χ4v) is 3.12. The molecule has 6 heteroatoms. The molecule has 0 saturated carbocycles. The number of hydrogen-bond acceptors (Lipinski definition) is 3. The first-order chi connectivity index (χ1) is 5.49. The van der Waals surface area contributed by atoms with Gasteiger partial charge in [-0.25, -0.2) is 9.59 Å². The molecule has 0 bridgehead atoms. The summed E-state index contributed by atoms with van der Waals surface area (Å²) in [5.41, 5.74) is 0. The highest BCUT2D eigenvalue weighted by Gasteiger charge is 2.47. The Labute approximate surface area is 70.9 Å². The van der Waals surface area contributed by atoms with Crippen LogP contribution in [-0.2, 0) is 4.18 Å². The minimum Gasteiger partial charge on any atom is -0.472 e. The maximum absolute atomic E-state index is 10.6. The molecule has 1 fully saturated rings. The third-order valence-corrected chi connectivity index (χ3v) is 4.30. The van der Waals surface area contributed by atoms with E-state index in [1.807, 2.05) is 0 Å². The van der Waals surface area contributed by atoms with Gasteiger partial charge in [0, 0.05) is 5.75 Å². The fourth-order valence-electron chi connectivity index (χ4n) is 1.04. The van der Waals surface area contributed by atoms with E-state index in [1.165, 1.54) is 0 Å². The van der Waals surface area contributed by atoms with E-state index in [1.54, 1.807) is 6.92 Å². The normalized spacial score (nSPS) is 29.6. The second-order valence-electron chi connectivity index (χ2n) is 2.61. The van der Waals surface area contributed by atoms with Gasteiger partial charge in [0.15, 0.2) is 0 Å². The van der Waals surface area contributed by atoms with E-state index >= 15 is 0 Å². The highest BCUT2D eigenvalue weighted by Crippen LogP contribution is 2.56. The lowest BCUT2D eigenvalue weighted by Gasteiger charge is -2.23. The minimum absolute atomic E-state index is 0.124. The average molecular weight is 194 g/mol. The second-order valence-corrected chi connectivity index (χ2v) is 5.26. The van der Waals surface area contributed by atoms with Gasteiger partial charge in [-0.05, 0) is 13.3 Å². The molecule has 1 heterocycles. The lowest BCUT2D eigenvalue weighted by Crippen LogP contribution is -2.19. The summed E-state index contributed by atoms with van der Waals surface area (Å²) in [5.74, 6) is 0.124. The molecule has 0 aromatic heterocycles. The summed E-state index contributed by atoms with van der Waals surface area (Å²) in [4.78, 5) is 21.3. The maximum atomic E-state index is 10.6. The molecule has 1 atom stereocenters. The zero-order chi connectivity index (χ0) is 9.35. The Morgan fingerprint density at radius 2 is 1.92 bits per heavy atom. The highest BCUT2D eigenvalue weighted by molar-refractivity contribution is 8.51. The smallest absolute Gasteiger partial charge is 0.380 e. The van der Waals surface area contributed by atoms with Gasteiger partial charge in [0.1, 0.15) is 0 Å². The molecule has 0 aromatic rings. The van der Waals surface area contributed by atoms with Crippen molar-refractivity contribution < 1.29 is 24.0 Å². The van der Waals surface area contributed by atoms with Crippen LogP contribution in [-0.4, -0.2) is 32.7 Å². The van der Waals surface area contributed by atoms with Crippen molar-refractivity contribution >= 4 is 20.9 Å². The predicted molar refractivity (Wildman–Crippen MR) is 43.7 cm³/mol. The third-order valence-electron chi connectivity index (χ3n) is 1.70. The average Bonchev–Trinajstić information content (AvgIpc) is 2.32. The van der Waals surface area contributed by atoms with Gasteiger partial charge < -0.3 is 14.4 Å². The summed E-state index contributed by atoms with van der Waals surface area (Å²) in [7, 11) is -2.91. The van der Waals surface area contributed by atoms with Crippen molar-refractivity contribution in [2.75, 3.05) is 5.75 Å². The predicted octanol–water partition coefficient (Wildman–Crippen LogP) is 1.87. The van der Waals surface area contributed by atoms with Gasteiger partial charge in [0.25, 0.3) is 0 Å². The molecule has 0 radical (unpaired) electrons. The molecule has 12 heavy (non-hydrogen) atoms. The van der Waals surface area contributed by atoms with Crippen LogP contribution in [0.25, 0.3) is 0 Å². The van der Waals surface area contributed by atoms with Crippen LogP contribution in [0, 0.1) is 0 Å². The molecule has 1 saturated heterocycles. The van der Waals surface area contributed by atoms with E-state index in [9.17, 15) is 9.59 Å². The number of hydrogen-bond donors (Lipinski definition) is 2. The van der Waals surface area contributed by atoms with Crippen molar-refractivity contribution in [3.8, 4) is 0 Å². The van der Waals surface area contributed by atoms with Crippen LogP contribution < -0.4 is 0 Å². The third kappa shape index (κ3) is 1.27. The summed E-state index contributed by atoms with van der Waals surface area (Å²) >= 11 is 0. The van der Waals surface area contributed by atoms with Crippen LogP contribution in [0.1, 0.15) is 13.3 Å². The Bertz CT molecular complexity index is 212. The lowest BCUT2D eigenvalue weighted by atomic mass is 10.3. The summed E-state index contributed by atoms with van der Waals surface area (Å²) in [6.45, 7) is 1.68. The molecular weight excluding hydrogens is 184 g/mol. The van der Waals surface area contributed by atoms with Crippen molar-refractivity contribution in [3.63, 3.8) is 0 Å². The van der Waals surface area contributed by atoms with Crippen LogP contribution in [0.3, 0.4) is 0 Å². The molecule has 1 aliphatic rings. The Hall–Kier alpha value is -0.750. The summed E-state index contributed by atoms with van der Waals surface area (Å²) in [6, 6.07) is 0. The van der Waals surface area contributed by atoms with E-state index in [2.05, 4.69) is 0 Å². The number of rotatable bonds is 0. The first-order valence-corrected chi connectivity index (χ1v) is 5.17. The number of carboxylic acid groups (broad SMARTS) is 2. The molecular formula is C6H10O5S. The summed E-state index contributed by atoms with van der Waals surface area (Å²) < 4.78 is 4.96. The van der Waals surface area contributed by atoms with Gasteiger partial charge in [-0.3, -0.25) is 0 Å². The van der Waals surface area contributed by atoms with E-state index < -0.39 is 20.9 Å². The Morgan fingerprint density at radius 1 is 1.42 bits per heavy atom. The highest BCUT2D eigenvalue weighted by atomic mass is 32.3. The molecule has 1 unspecified atom stereocenters. The fraction of sp³-hybridized carbons (Fsp3) is 0.667. The standard InChI is InChI=1S/C6H10O5S/c1-4-2-3-12(11-4,5(7)8)6(9)10/h4H,2-3H2,1H3,(H,7,8)(H,9,10). The molecule has 0 aromatic carbocycles. The Morgan fingerprint density at radius 3 is 2.08 bits per heavy atom. The molecule has 1 rings (SSSR count). The maximum Gasteiger partial charge on any atom is 0.380 e. The molecule has 70 valence electrons. The Kier molecular flexibility index (Phi) is 2.29. The lowest BCUT2D eigenvalue weighted by molar-refractivity contribution is 0.203. The van der Waals surface area contributed by atoms with Crippen LogP contribution in [0.5, 0.6) is 0 Å². The molecule has 1 aliphatic heterocycles. The molecule has 2 N–H and O–H groups in total. The second kappa shape index (κ2) is 2.95. The van der Waals surface area contributed by atoms with Gasteiger partial charge in [0.2, 0.25) is 0 Å². The molecule has 0 aliphatic carbocycles.